The summed E-state index contributed by atoms with van der Waals surface area (Å²) in [6.07, 6.45) is 0. The van der Waals surface area contributed by atoms with Gasteiger partial charge in [0.05, 0.1) is 15.8 Å². The number of rotatable bonds is 8. The van der Waals surface area contributed by atoms with Crippen molar-refractivity contribution in [2.24, 2.45) is 0 Å². The molecule has 1 aromatic carbocycles. The van der Waals surface area contributed by atoms with Crippen LogP contribution in [-0.2, 0) is 26.9 Å². The number of thiazole rings is 1. The summed E-state index contributed by atoms with van der Waals surface area (Å²) in [4.78, 5) is 16.9. The molecular formula is C18H21N5O3S3. The van der Waals surface area contributed by atoms with Crippen LogP contribution in [0, 0.1) is 6.92 Å². The Morgan fingerprint density at radius 2 is 2.00 bits per heavy atom. The molecular weight excluding hydrogens is 430 g/mol. The number of carbonyl (C=O) groups is 1. The molecule has 0 spiro atoms. The Hall–Kier alpha value is -2.24. The van der Waals surface area contributed by atoms with Gasteiger partial charge in [0.1, 0.15) is 11.6 Å². The van der Waals surface area contributed by atoms with E-state index in [0.29, 0.717) is 22.7 Å². The molecule has 0 radical (unpaired) electrons. The van der Waals surface area contributed by atoms with Crippen molar-refractivity contribution in [1.82, 2.24) is 19.7 Å². The van der Waals surface area contributed by atoms with E-state index >= 15 is 0 Å². The van der Waals surface area contributed by atoms with Gasteiger partial charge in [0.2, 0.25) is 5.91 Å². The van der Waals surface area contributed by atoms with Crippen molar-refractivity contribution in [1.29, 1.82) is 0 Å². The van der Waals surface area contributed by atoms with Crippen LogP contribution in [0.2, 0.25) is 0 Å². The van der Waals surface area contributed by atoms with E-state index in [1.54, 1.807) is 41.8 Å². The number of nitrogens with zero attached hydrogens (tertiary/aromatic N) is 4. The zero-order valence-corrected chi connectivity index (χ0v) is 18.6. The largest absolute Gasteiger partial charge is 0.305 e. The third kappa shape index (κ3) is 5.22. The molecule has 0 fully saturated rings. The third-order valence-electron chi connectivity index (χ3n) is 4.03. The summed E-state index contributed by atoms with van der Waals surface area (Å²) in [6.45, 7) is 6.00. The Morgan fingerprint density at radius 1 is 1.28 bits per heavy atom. The molecule has 0 bridgehead atoms. The van der Waals surface area contributed by atoms with Crippen LogP contribution in [0.25, 0.3) is 0 Å². The van der Waals surface area contributed by atoms with Crippen LogP contribution in [0.5, 0.6) is 0 Å². The molecule has 8 nitrogen and oxygen atoms in total. The van der Waals surface area contributed by atoms with Gasteiger partial charge >= 0.3 is 0 Å². The van der Waals surface area contributed by atoms with Gasteiger partial charge in [-0.2, -0.15) is 0 Å². The summed E-state index contributed by atoms with van der Waals surface area (Å²) < 4.78 is 27.0. The van der Waals surface area contributed by atoms with E-state index in [4.69, 9.17) is 0 Å². The summed E-state index contributed by atoms with van der Waals surface area (Å²) >= 11 is 2.60. The smallest absolute Gasteiger partial charge is 0.239 e. The van der Waals surface area contributed by atoms with Crippen LogP contribution in [0.4, 0.5) is 5.13 Å². The number of aryl methyl sites for hydroxylation is 1. The maximum absolute atomic E-state index is 12.7. The van der Waals surface area contributed by atoms with Gasteiger partial charge in [-0.1, -0.05) is 30.0 Å². The number of thioether (sulfide) groups is 1. The van der Waals surface area contributed by atoms with Gasteiger partial charge in [0, 0.05) is 11.9 Å². The van der Waals surface area contributed by atoms with Crippen LogP contribution in [0.3, 0.4) is 0 Å². The fourth-order valence-electron chi connectivity index (χ4n) is 2.54. The van der Waals surface area contributed by atoms with Crippen molar-refractivity contribution in [3.63, 3.8) is 0 Å². The molecule has 154 valence electrons. The molecule has 2 heterocycles. The van der Waals surface area contributed by atoms with Gasteiger partial charge < -0.3 is 9.88 Å². The van der Waals surface area contributed by atoms with Crippen molar-refractivity contribution in [2.45, 2.75) is 48.4 Å². The minimum atomic E-state index is -3.53. The number of sulfone groups is 1. The fraction of sp³-hybridized carbons (Fsp3) is 0.333. The van der Waals surface area contributed by atoms with Crippen molar-refractivity contribution in [3.05, 3.63) is 47.2 Å². The number of anilines is 1. The Morgan fingerprint density at radius 3 is 2.62 bits per heavy atom. The summed E-state index contributed by atoms with van der Waals surface area (Å²) in [5, 5.41) is 13.4. The average Bonchev–Trinajstić information content (AvgIpc) is 3.27. The third-order valence-corrected chi connectivity index (χ3v) is 7.62. The predicted octanol–water partition coefficient (Wildman–Crippen LogP) is 3.16. The SMILES string of the molecule is CCn1c(CS(=O)(=O)c2ccccc2)nnc1SC(C)C(=O)Nc1nc(C)cs1. The van der Waals surface area contributed by atoms with E-state index < -0.39 is 15.1 Å². The van der Waals surface area contributed by atoms with Crippen LogP contribution in [0.1, 0.15) is 25.4 Å². The van der Waals surface area contributed by atoms with Crippen LogP contribution < -0.4 is 5.32 Å². The quantitative estimate of drug-likeness (QED) is 0.524. The Kier molecular flexibility index (Phi) is 6.70. The number of hydrogen-bond donors (Lipinski definition) is 1. The minimum Gasteiger partial charge on any atom is -0.305 e. The molecule has 29 heavy (non-hydrogen) atoms. The molecule has 1 unspecified atom stereocenters. The van der Waals surface area contributed by atoms with E-state index in [0.717, 1.165) is 5.69 Å². The highest BCUT2D eigenvalue weighted by Gasteiger charge is 2.24. The molecule has 0 aliphatic carbocycles. The van der Waals surface area contributed by atoms with Gasteiger partial charge in [-0.25, -0.2) is 13.4 Å². The highest BCUT2D eigenvalue weighted by atomic mass is 32.2. The van der Waals surface area contributed by atoms with Gasteiger partial charge in [-0.3, -0.25) is 4.79 Å². The standard InChI is InChI=1S/C18H21N5O3S3/c1-4-23-15(11-29(25,26)14-8-6-5-7-9-14)21-22-18(23)28-13(3)16(24)20-17-19-12(2)10-27-17/h5-10,13H,4,11H2,1-3H3,(H,19,20,24). The molecule has 2 aromatic heterocycles. The normalized spacial score (nSPS) is 12.7. The second-order valence-corrected chi connectivity index (χ2v) is 10.4. The lowest BCUT2D eigenvalue weighted by Gasteiger charge is -2.12. The monoisotopic (exact) mass is 451 g/mol. The highest BCUT2D eigenvalue weighted by molar-refractivity contribution is 8.00. The summed E-state index contributed by atoms with van der Waals surface area (Å²) in [5.74, 6) is -0.104. The van der Waals surface area contributed by atoms with E-state index in [-0.39, 0.29) is 16.6 Å². The van der Waals surface area contributed by atoms with Crippen molar-refractivity contribution in [2.75, 3.05) is 5.32 Å². The lowest BCUT2D eigenvalue weighted by Crippen LogP contribution is -2.23. The van der Waals surface area contributed by atoms with Gasteiger partial charge in [0.25, 0.3) is 0 Å². The van der Waals surface area contributed by atoms with E-state index in [1.807, 2.05) is 19.2 Å². The van der Waals surface area contributed by atoms with E-state index in [9.17, 15) is 13.2 Å². The Balaban J connectivity index is 1.73. The number of nitrogens with one attached hydrogen (secondary N) is 1. The van der Waals surface area contributed by atoms with Crippen molar-refractivity contribution < 1.29 is 13.2 Å². The fourth-order valence-corrected chi connectivity index (χ4v) is 5.46. The summed E-state index contributed by atoms with van der Waals surface area (Å²) in [7, 11) is -3.53. The maximum atomic E-state index is 12.7. The number of aromatic nitrogens is 4. The first-order chi connectivity index (χ1) is 13.8. The number of carbonyl (C=O) groups excluding carboxylic acids is 1. The lowest BCUT2D eigenvalue weighted by atomic mass is 10.4. The molecule has 3 rings (SSSR count). The lowest BCUT2D eigenvalue weighted by molar-refractivity contribution is -0.115. The molecule has 0 saturated heterocycles. The van der Waals surface area contributed by atoms with Crippen molar-refractivity contribution >= 4 is 44.0 Å². The van der Waals surface area contributed by atoms with Crippen LogP contribution in [-0.4, -0.2) is 39.3 Å². The Bertz CT molecular complexity index is 1090. The average molecular weight is 452 g/mol. The molecule has 1 atom stereocenters. The first-order valence-electron chi connectivity index (χ1n) is 8.89. The molecule has 1 N–H and O–H groups in total. The molecule has 3 aromatic rings. The van der Waals surface area contributed by atoms with Crippen molar-refractivity contribution in [3.8, 4) is 0 Å². The zero-order valence-electron chi connectivity index (χ0n) is 16.2. The predicted molar refractivity (Wildman–Crippen MR) is 114 cm³/mol. The first kappa shape index (κ1) is 21.5. The van der Waals surface area contributed by atoms with Gasteiger partial charge in [-0.15, -0.1) is 21.5 Å². The second-order valence-electron chi connectivity index (χ2n) is 6.26. The zero-order chi connectivity index (χ0) is 21.0. The minimum absolute atomic E-state index is 0.200. The Labute approximate surface area is 177 Å². The highest BCUT2D eigenvalue weighted by Crippen LogP contribution is 2.25. The maximum Gasteiger partial charge on any atom is 0.239 e. The molecule has 1 amide bonds. The van der Waals surface area contributed by atoms with Crippen LogP contribution in [0.15, 0.2) is 45.8 Å². The summed E-state index contributed by atoms with van der Waals surface area (Å²) in [6, 6.07) is 8.25. The van der Waals surface area contributed by atoms with Gasteiger partial charge in [-0.05, 0) is 32.9 Å². The number of hydrogen-bond acceptors (Lipinski definition) is 8. The molecule has 0 aliphatic rings. The van der Waals surface area contributed by atoms with Gasteiger partial charge in [0.15, 0.2) is 20.1 Å². The number of benzene rings is 1. The molecule has 0 aliphatic heterocycles. The summed E-state index contributed by atoms with van der Waals surface area (Å²) in [5.41, 5.74) is 0.848. The molecule has 11 heteroatoms. The second kappa shape index (κ2) is 9.06. The van der Waals surface area contributed by atoms with Crippen LogP contribution >= 0.6 is 23.1 Å². The van der Waals surface area contributed by atoms with E-state index in [1.165, 1.54) is 23.1 Å². The first-order valence-corrected chi connectivity index (χ1v) is 12.3. The molecule has 0 saturated carbocycles. The number of amides is 1. The topological polar surface area (TPSA) is 107 Å². The van der Waals surface area contributed by atoms with E-state index in [2.05, 4.69) is 20.5 Å².